The van der Waals surface area contributed by atoms with Gasteiger partial charge < -0.3 is 15.4 Å². The van der Waals surface area contributed by atoms with Gasteiger partial charge in [-0.3, -0.25) is 0 Å². The number of methoxy groups -OCH3 is 1. The highest BCUT2D eigenvalue weighted by atomic mass is 16.5. The van der Waals surface area contributed by atoms with Crippen LogP contribution in [0.25, 0.3) is 0 Å². The van der Waals surface area contributed by atoms with Crippen molar-refractivity contribution in [1.29, 1.82) is 5.26 Å². The summed E-state index contributed by atoms with van der Waals surface area (Å²) < 4.78 is 5.25. The maximum Gasteiger partial charge on any atom is 0.119 e. The Kier molecular flexibility index (Phi) is 6.59. The summed E-state index contributed by atoms with van der Waals surface area (Å²) in [6.07, 6.45) is 0. The van der Waals surface area contributed by atoms with Gasteiger partial charge in [0, 0.05) is 18.7 Å². The van der Waals surface area contributed by atoms with Gasteiger partial charge in [-0.1, -0.05) is 11.8 Å². The van der Waals surface area contributed by atoms with Gasteiger partial charge >= 0.3 is 0 Å². The Labute approximate surface area is 121 Å². The molecule has 106 valence electrons. The topological polar surface area (TPSA) is 62.3 Å². The van der Waals surface area contributed by atoms with Gasteiger partial charge in [0.05, 0.1) is 25.6 Å². The fourth-order valence-electron chi connectivity index (χ4n) is 1.96. The first-order valence-electron chi connectivity index (χ1n) is 6.54. The lowest BCUT2D eigenvalue weighted by Crippen LogP contribution is -2.23. The van der Waals surface area contributed by atoms with Crippen LogP contribution < -0.4 is 10.5 Å². The molecule has 0 heterocycles. The number of rotatable bonds is 5. The molecule has 1 rings (SSSR count). The number of nitrogens with zero attached hydrogens (tertiary/aromatic N) is 2. The van der Waals surface area contributed by atoms with E-state index in [2.05, 4.69) is 22.8 Å². The van der Waals surface area contributed by atoms with Crippen molar-refractivity contribution in [1.82, 2.24) is 4.90 Å². The second-order valence-electron chi connectivity index (χ2n) is 4.76. The first-order chi connectivity index (χ1) is 9.60. The van der Waals surface area contributed by atoms with Crippen molar-refractivity contribution in [2.45, 2.75) is 13.5 Å². The predicted octanol–water partition coefficient (Wildman–Crippen LogP) is 1.60. The van der Waals surface area contributed by atoms with Gasteiger partial charge in [-0.15, -0.1) is 0 Å². The minimum atomic E-state index is 0.00387. The Morgan fingerprint density at radius 2 is 2.20 bits per heavy atom. The molecule has 1 aromatic carbocycles. The summed E-state index contributed by atoms with van der Waals surface area (Å²) in [6, 6.07) is 8.06. The number of ether oxygens (including phenoxy) is 1. The van der Waals surface area contributed by atoms with Gasteiger partial charge in [-0.2, -0.15) is 5.26 Å². The minimum absolute atomic E-state index is 0.00387. The molecule has 1 unspecified atom stereocenters. The van der Waals surface area contributed by atoms with E-state index in [1.807, 2.05) is 32.2 Å². The SMILES string of the molecule is COc1ccc(C#CCN)c(CN(C)CC(C)C#N)c1. The molecule has 4 nitrogen and oxygen atoms in total. The number of hydrogen-bond donors (Lipinski definition) is 1. The van der Waals surface area contributed by atoms with Crippen LogP contribution >= 0.6 is 0 Å². The molecule has 1 atom stereocenters. The molecule has 0 fully saturated rings. The number of nitriles is 1. The number of nitrogens with two attached hydrogens (primary N) is 1. The molecule has 0 bridgehead atoms. The highest BCUT2D eigenvalue weighted by Gasteiger charge is 2.09. The zero-order valence-corrected chi connectivity index (χ0v) is 12.3. The Morgan fingerprint density at radius 1 is 1.45 bits per heavy atom. The summed E-state index contributed by atoms with van der Waals surface area (Å²) in [7, 11) is 3.64. The third-order valence-electron chi connectivity index (χ3n) is 2.88. The van der Waals surface area contributed by atoms with Gasteiger partial charge in [-0.05, 0) is 37.7 Å². The molecule has 0 aliphatic rings. The summed E-state index contributed by atoms with van der Waals surface area (Å²) in [4.78, 5) is 2.11. The summed E-state index contributed by atoms with van der Waals surface area (Å²) in [5, 5.41) is 8.87. The van der Waals surface area contributed by atoms with Gasteiger partial charge in [0.25, 0.3) is 0 Å². The van der Waals surface area contributed by atoms with E-state index in [0.29, 0.717) is 6.54 Å². The zero-order valence-electron chi connectivity index (χ0n) is 12.3. The zero-order chi connectivity index (χ0) is 15.0. The van der Waals surface area contributed by atoms with Crippen molar-refractivity contribution in [3.63, 3.8) is 0 Å². The first-order valence-corrected chi connectivity index (χ1v) is 6.54. The highest BCUT2D eigenvalue weighted by Crippen LogP contribution is 2.19. The standard InChI is InChI=1S/C16H21N3O/c1-13(10-18)11-19(2)12-15-9-16(20-3)7-6-14(15)5-4-8-17/h6-7,9,13H,8,11-12,17H2,1-3H3. The molecule has 0 aliphatic carbocycles. The van der Waals surface area contributed by atoms with Crippen LogP contribution in [0.5, 0.6) is 5.75 Å². The lowest BCUT2D eigenvalue weighted by Gasteiger charge is -2.19. The van der Waals surface area contributed by atoms with Crippen LogP contribution in [0.4, 0.5) is 0 Å². The van der Waals surface area contributed by atoms with Crippen LogP contribution in [-0.4, -0.2) is 32.1 Å². The second kappa shape index (κ2) is 8.22. The van der Waals surface area contributed by atoms with E-state index >= 15 is 0 Å². The first kappa shape index (κ1) is 16.0. The lowest BCUT2D eigenvalue weighted by molar-refractivity contribution is 0.302. The smallest absolute Gasteiger partial charge is 0.119 e. The summed E-state index contributed by atoms with van der Waals surface area (Å²) in [5.41, 5.74) is 7.46. The van der Waals surface area contributed by atoms with Crippen molar-refractivity contribution in [3.8, 4) is 23.7 Å². The van der Waals surface area contributed by atoms with Gasteiger partial charge in [0.15, 0.2) is 0 Å². The van der Waals surface area contributed by atoms with E-state index in [1.165, 1.54) is 0 Å². The van der Waals surface area contributed by atoms with Gasteiger partial charge in [0.1, 0.15) is 5.75 Å². The van der Waals surface area contributed by atoms with Crippen LogP contribution in [0.1, 0.15) is 18.1 Å². The summed E-state index contributed by atoms with van der Waals surface area (Å²) >= 11 is 0. The molecule has 0 aromatic heterocycles. The Hall–Kier alpha value is -2.01. The average molecular weight is 271 g/mol. The van der Waals surface area contributed by atoms with Crippen LogP contribution in [0.15, 0.2) is 18.2 Å². The third-order valence-corrected chi connectivity index (χ3v) is 2.88. The maximum absolute atomic E-state index is 8.87. The third kappa shape index (κ3) is 4.93. The minimum Gasteiger partial charge on any atom is -0.497 e. The van der Waals surface area contributed by atoms with Crippen molar-refractivity contribution in [3.05, 3.63) is 29.3 Å². The quantitative estimate of drug-likeness (QED) is 0.826. The molecule has 0 saturated carbocycles. The van der Waals surface area contributed by atoms with Crippen molar-refractivity contribution >= 4 is 0 Å². The molecule has 0 saturated heterocycles. The number of benzene rings is 1. The molecule has 0 amide bonds. The molecule has 0 spiro atoms. The Morgan fingerprint density at radius 3 is 2.80 bits per heavy atom. The summed E-state index contributed by atoms with van der Waals surface area (Å²) in [6.45, 7) is 3.69. The molecule has 0 radical (unpaired) electrons. The fourth-order valence-corrected chi connectivity index (χ4v) is 1.96. The van der Waals surface area contributed by atoms with E-state index in [-0.39, 0.29) is 5.92 Å². The largest absolute Gasteiger partial charge is 0.497 e. The lowest BCUT2D eigenvalue weighted by atomic mass is 10.1. The van der Waals surface area contributed by atoms with Gasteiger partial charge in [-0.25, -0.2) is 0 Å². The molecule has 20 heavy (non-hydrogen) atoms. The number of hydrogen-bond acceptors (Lipinski definition) is 4. The fraction of sp³-hybridized carbons (Fsp3) is 0.438. The van der Waals surface area contributed by atoms with Crippen molar-refractivity contribution < 1.29 is 4.74 Å². The van der Waals surface area contributed by atoms with Gasteiger partial charge in [0.2, 0.25) is 0 Å². The van der Waals surface area contributed by atoms with E-state index < -0.39 is 0 Å². The van der Waals surface area contributed by atoms with Crippen LogP contribution in [0, 0.1) is 29.1 Å². The monoisotopic (exact) mass is 271 g/mol. The van der Waals surface area contributed by atoms with E-state index in [9.17, 15) is 0 Å². The van der Waals surface area contributed by atoms with E-state index in [4.69, 9.17) is 15.7 Å². The Balaban J connectivity index is 2.92. The molecule has 2 N–H and O–H groups in total. The molecular weight excluding hydrogens is 250 g/mol. The highest BCUT2D eigenvalue weighted by molar-refractivity contribution is 5.45. The Bertz CT molecular complexity index is 537. The predicted molar refractivity (Wildman–Crippen MR) is 80.0 cm³/mol. The van der Waals surface area contributed by atoms with Crippen molar-refractivity contribution in [2.75, 3.05) is 27.2 Å². The van der Waals surface area contributed by atoms with E-state index in [0.717, 1.165) is 30.0 Å². The maximum atomic E-state index is 8.87. The van der Waals surface area contributed by atoms with Crippen molar-refractivity contribution in [2.24, 2.45) is 11.7 Å². The van der Waals surface area contributed by atoms with Crippen LogP contribution in [0.2, 0.25) is 0 Å². The normalized spacial score (nSPS) is 11.4. The molecular formula is C16H21N3O. The molecule has 4 heteroatoms. The van der Waals surface area contributed by atoms with Crippen LogP contribution in [0.3, 0.4) is 0 Å². The van der Waals surface area contributed by atoms with Crippen LogP contribution in [-0.2, 0) is 6.54 Å². The van der Waals surface area contributed by atoms with E-state index in [1.54, 1.807) is 7.11 Å². The second-order valence-corrected chi connectivity index (χ2v) is 4.76. The summed E-state index contributed by atoms with van der Waals surface area (Å²) in [5.74, 6) is 6.76. The molecule has 0 aliphatic heterocycles. The average Bonchev–Trinajstić information content (AvgIpc) is 2.45. The molecule has 1 aromatic rings.